The minimum absolute atomic E-state index is 0.221. The summed E-state index contributed by atoms with van der Waals surface area (Å²) < 4.78 is 0. The first-order valence-electron chi connectivity index (χ1n) is 8.37. The van der Waals surface area contributed by atoms with E-state index in [4.69, 9.17) is 0 Å². The van der Waals surface area contributed by atoms with Gasteiger partial charge in [-0.3, -0.25) is 0 Å². The molecule has 122 valence electrons. The highest BCUT2D eigenvalue weighted by molar-refractivity contribution is 5.50. The van der Waals surface area contributed by atoms with E-state index in [9.17, 15) is 0 Å². The summed E-state index contributed by atoms with van der Waals surface area (Å²) in [6, 6.07) is 29.9. The third kappa shape index (κ3) is 4.17. The van der Waals surface area contributed by atoms with Gasteiger partial charge in [0.05, 0.1) is 6.04 Å². The van der Waals surface area contributed by atoms with Gasteiger partial charge in [0.2, 0.25) is 0 Å². The van der Waals surface area contributed by atoms with Crippen molar-refractivity contribution in [1.82, 2.24) is 0 Å². The molecule has 0 radical (unpaired) electrons. The highest BCUT2D eigenvalue weighted by Gasteiger charge is 2.14. The van der Waals surface area contributed by atoms with Gasteiger partial charge < -0.3 is 10.2 Å². The van der Waals surface area contributed by atoms with Crippen molar-refractivity contribution in [2.24, 2.45) is 0 Å². The molecular formula is C22H24N2. The number of nitrogens with one attached hydrogen (secondary N) is 1. The summed E-state index contributed by atoms with van der Waals surface area (Å²) in [5.41, 5.74) is 4.96. The minimum Gasteiger partial charge on any atom is -0.376 e. The maximum absolute atomic E-state index is 3.67. The molecule has 0 saturated carbocycles. The summed E-state index contributed by atoms with van der Waals surface area (Å²) in [4.78, 5) is 2.31. The molecule has 24 heavy (non-hydrogen) atoms. The SMILES string of the molecule is Cc1cccc(N(C)CC(Nc2ccccc2)c2ccccc2)c1. The van der Waals surface area contributed by atoms with Crippen LogP contribution in [0.3, 0.4) is 0 Å². The zero-order valence-electron chi connectivity index (χ0n) is 14.3. The normalized spacial score (nSPS) is 11.8. The number of hydrogen-bond donors (Lipinski definition) is 1. The highest BCUT2D eigenvalue weighted by Crippen LogP contribution is 2.23. The topological polar surface area (TPSA) is 15.3 Å². The van der Waals surface area contributed by atoms with Crippen LogP contribution in [0, 0.1) is 6.92 Å². The van der Waals surface area contributed by atoms with Gasteiger partial charge in [-0.25, -0.2) is 0 Å². The van der Waals surface area contributed by atoms with Crippen LogP contribution in [0.5, 0.6) is 0 Å². The summed E-state index contributed by atoms with van der Waals surface area (Å²) >= 11 is 0. The number of anilines is 2. The zero-order chi connectivity index (χ0) is 16.8. The Bertz CT molecular complexity index is 753. The number of hydrogen-bond acceptors (Lipinski definition) is 2. The molecule has 0 heterocycles. The van der Waals surface area contributed by atoms with E-state index < -0.39 is 0 Å². The molecule has 1 N–H and O–H groups in total. The summed E-state index contributed by atoms with van der Waals surface area (Å²) in [7, 11) is 2.15. The van der Waals surface area contributed by atoms with E-state index in [1.165, 1.54) is 16.8 Å². The van der Waals surface area contributed by atoms with Crippen molar-refractivity contribution in [3.05, 3.63) is 96.1 Å². The van der Waals surface area contributed by atoms with Crippen LogP contribution in [0.15, 0.2) is 84.9 Å². The predicted octanol–water partition coefficient (Wildman–Crippen LogP) is 5.28. The molecule has 3 rings (SSSR count). The maximum Gasteiger partial charge on any atom is 0.0688 e. The first kappa shape index (κ1) is 16.1. The second-order valence-electron chi connectivity index (χ2n) is 6.19. The van der Waals surface area contributed by atoms with E-state index >= 15 is 0 Å². The smallest absolute Gasteiger partial charge is 0.0688 e. The van der Waals surface area contributed by atoms with Crippen LogP contribution in [0.1, 0.15) is 17.2 Å². The van der Waals surface area contributed by atoms with Crippen molar-refractivity contribution in [1.29, 1.82) is 0 Å². The summed E-state index contributed by atoms with van der Waals surface area (Å²) in [5.74, 6) is 0. The van der Waals surface area contributed by atoms with Gasteiger partial charge in [0.1, 0.15) is 0 Å². The number of benzene rings is 3. The predicted molar refractivity (Wildman–Crippen MR) is 104 cm³/mol. The Labute approximate surface area is 144 Å². The van der Waals surface area contributed by atoms with Crippen molar-refractivity contribution >= 4 is 11.4 Å². The zero-order valence-corrected chi connectivity index (χ0v) is 14.3. The van der Waals surface area contributed by atoms with Crippen molar-refractivity contribution in [3.63, 3.8) is 0 Å². The van der Waals surface area contributed by atoms with E-state index in [1.54, 1.807) is 0 Å². The van der Waals surface area contributed by atoms with Crippen LogP contribution in [-0.2, 0) is 0 Å². The lowest BCUT2D eigenvalue weighted by Crippen LogP contribution is -2.28. The first-order valence-corrected chi connectivity index (χ1v) is 8.37. The quantitative estimate of drug-likeness (QED) is 0.665. The molecule has 0 amide bonds. The Morgan fingerprint density at radius 3 is 2.17 bits per heavy atom. The van der Waals surface area contributed by atoms with Gasteiger partial charge >= 0.3 is 0 Å². The van der Waals surface area contributed by atoms with Crippen LogP contribution in [0.25, 0.3) is 0 Å². The maximum atomic E-state index is 3.67. The number of para-hydroxylation sites is 1. The summed E-state index contributed by atoms with van der Waals surface area (Å²) in [6.45, 7) is 3.02. The van der Waals surface area contributed by atoms with E-state index in [2.05, 4.69) is 103 Å². The van der Waals surface area contributed by atoms with E-state index in [1.807, 2.05) is 6.07 Å². The van der Waals surface area contributed by atoms with Gasteiger partial charge in [0.15, 0.2) is 0 Å². The molecule has 1 atom stereocenters. The molecule has 3 aromatic carbocycles. The van der Waals surface area contributed by atoms with Gasteiger partial charge in [-0.2, -0.15) is 0 Å². The van der Waals surface area contributed by atoms with Crippen LogP contribution in [0.2, 0.25) is 0 Å². The first-order chi connectivity index (χ1) is 11.7. The van der Waals surface area contributed by atoms with Crippen molar-refractivity contribution in [3.8, 4) is 0 Å². The average molecular weight is 316 g/mol. The van der Waals surface area contributed by atoms with Crippen molar-refractivity contribution < 1.29 is 0 Å². The van der Waals surface area contributed by atoms with Gasteiger partial charge in [-0.15, -0.1) is 0 Å². The number of rotatable bonds is 6. The summed E-state index contributed by atoms with van der Waals surface area (Å²) in [5, 5.41) is 3.67. The average Bonchev–Trinajstić information content (AvgIpc) is 2.63. The molecule has 2 heteroatoms. The fourth-order valence-corrected chi connectivity index (χ4v) is 2.90. The molecule has 3 aromatic rings. The van der Waals surface area contributed by atoms with E-state index in [-0.39, 0.29) is 6.04 Å². The molecule has 0 aliphatic heterocycles. The largest absolute Gasteiger partial charge is 0.376 e. The molecule has 0 aliphatic rings. The molecular weight excluding hydrogens is 292 g/mol. The van der Waals surface area contributed by atoms with E-state index in [0.717, 1.165) is 12.2 Å². The molecule has 0 fully saturated rings. The Morgan fingerprint density at radius 2 is 1.50 bits per heavy atom. The molecule has 0 aromatic heterocycles. The number of nitrogens with zero attached hydrogens (tertiary/aromatic N) is 1. The standard InChI is InChI=1S/C22H24N2/c1-18-10-9-15-21(16-18)24(2)17-22(19-11-5-3-6-12-19)23-20-13-7-4-8-14-20/h3-16,22-23H,17H2,1-2H3. The second kappa shape index (κ2) is 7.69. The number of likely N-dealkylation sites (N-methyl/N-ethyl adjacent to an activating group) is 1. The van der Waals surface area contributed by atoms with Gasteiger partial charge in [-0.1, -0.05) is 60.7 Å². The lowest BCUT2D eigenvalue weighted by atomic mass is 10.1. The van der Waals surface area contributed by atoms with Crippen LogP contribution in [0.4, 0.5) is 11.4 Å². The Hall–Kier alpha value is -2.74. The lowest BCUT2D eigenvalue weighted by Gasteiger charge is -2.28. The van der Waals surface area contributed by atoms with Gasteiger partial charge in [0.25, 0.3) is 0 Å². The molecule has 0 spiro atoms. The lowest BCUT2D eigenvalue weighted by molar-refractivity contribution is 0.747. The van der Waals surface area contributed by atoms with Crippen molar-refractivity contribution in [2.75, 3.05) is 23.8 Å². The van der Waals surface area contributed by atoms with Crippen LogP contribution >= 0.6 is 0 Å². The Morgan fingerprint density at radius 1 is 0.833 bits per heavy atom. The highest BCUT2D eigenvalue weighted by atomic mass is 15.1. The number of aryl methyl sites for hydroxylation is 1. The fourth-order valence-electron chi connectivity index (χ4n) is 2.90. The minimum atomic E-state index is 0.221. The van der Waals surface area contributed by atoms with Crippen LogP contribution in [-0.4, -0.2) is 13.6 Å². The molecule has 1 unspecified atom stereocenters. The molecule has 2 nitrogen and oxygen atoms in total. The third-order valence-corrected chi connectivity index (χ3v) is 4.22. The molecule has 0 bridgehead atoms. The van der Waals surface area contributed by atoms with Gasteiger partial charge in [-0.05, 0) is 42.3 Å². The third-order valence-electron chi connectivity index (χ3n) is 4.22. The van der Waals surface area contributed by atoms with Crippen molar-refractivity contribution in [2.45, 2.75) is 13.0 Å². The summed E-state index contributed by atoms with van der Waals surface area (Å²) in [6.07, 6.45) is 0. The van der Waals surface area contributed by atoms with E-state index in [0.29, 0.717) is 0 Å². The van der Waals surface area contributed by atoms with Gasteiger partial charge in [0, 0.05) is 25.0 Å². The second-order valence-corrected chi connectivity index (χ2v) is 6.19. The Balaban J connectivity index is 1.82. The molecule has 0 saturated heterocycles. The molecule has 0 aliphatic carbocycles. The van der Waals surface area contributed by atoms with Crippen LogP contribution < -0.4 is 10.2 Å². The monoisotopic (exact) mass is 316 g/mol. The Kier molecular flexibility index (Phi) is 5.17. The fraction of sp³-hybridized carbons (Fsp3) is 0.182.